The van der Waals surface area contributed by atoms with Gasteiger partial charge in [0.05, 0.1) is 11.0 Å². The van der Waals surface area contributed by atoms with E-state index in [2.05, 4.69) is 132 Å². The van der Waals surface area contributed by atoms with Gasteiger partial charge in [0.2, 0.25) is 0 Å². The van der Waals surface area contributed by atoms with Crippen LogP contribution < -0.4 is 0 Å². The first kappa shape index (κ1) is 26.3. The van der Waals surface area contributed by atoms with Gasteiger partial charge in [-0.2, -0.15) is 0 Å². The quantitative estimate of drug-likeness (QED) is 0.178. The van der Waals surface area contributed by atoms with Crippen molar-refractivity contribution in [1.29, 1.82) is 0 Å². The Morgan fingerprint density at radius 3 is 2.06 bits per heavy atom. The monoisotopic (exact) mass is 633 g/mol. The summed E-state index contributed by atoms with van der Waals surface area (Å²) in [4.78, 5) is 0. The maximum atomic E-state index is 2.65. The van der Waals surface area contributed by atoms with E-state index in [4.69, 9.17) is 0 Å². The first-order chi connectivity index (χ1) is 23.8. The van der Waals surface area contributed by atoms with Crippen molar-refractivity contribution in [1.82, 2.24) is 4.57 Å². The van der Waals surface area contributed by atoms with E-state index in [-0.39, 0.29) is 5.41 Å². The minimum absolute atomic E-state index is 0.155. The molecule has 0 saturated heterocycles. The van der Waals surface area contributed by atoms with Crippen LogP contribution in [0, 0.1) is 23.7 Å². The minimum Gasteiger partial charge on any atom is -0.309 e. The molecule has 8 aromatic rings. The van der Waals surface area contributed by atoms with Crippen molar-refractivity contribution in [3.63, 3.8) is 0 Å². The van der Waals surface area contributed by atoms with Crippen molar-refractivity contribution < 1.29 is 0 Å². The molecule has 0 atom stereocenters. The van der Waals surface area contributed by atoms with E-state index in [0.717, 1.165) is 23.7 Å². The fourth-order valence-electron chi connectivity index (χ4n) is 11.7. The van der Waals surface area contributed by atoms with Gasteiger partial charge in [0.1, 0.15) is 0 Å². The molecule has 5 aliphatic carbocycles. The van der Waals surface area contributed by atoms with Gasteiger partial charge in [0, 0.05) is 47.6 Å². The number of fused-ring (bicyclic) bond motifs is 9. The number of hydrogen-bond donors (Lipinski definition) is 0. The number of rotatable bonds is 2. The summed E-state index contributed by atoms with van der Waals surface area (Å²) in [5, 5.41) is 5.36. The third kappa shape index (κ3) is 3.23. The van der Waals surface area contributed by atoms with Crippen LogP contribution >= 0.6 is 11.3 Å². The highest BCUT2D eigenvalue weighted by Crippen LogP contribution is 2.69. The average molecular weight is 634 g/mol. The number of para-hydroxylation sites is 2. The molecule has 2 heterocycles. The molecule has 6 aromatic carbocycles. The number of nitrogens with zero attached hydrogens (tertiary/aromatic N) is 1. The topological polar surface area (TPSA) is 4.93 Å². The van der Waals surface area contributed by atoms with Crippen LogP contribution in [-0.4, -0.2) is 4.57 Å². The molecule has 4 saturated carbocycles. The molecule has 2 aromatic heterocycles. The Kier molecular flexibility index (Phi) is 5.08. The van der Waals surface area contributed by atoms with E-state index in [1.165, 1.54) is 102 Å². The predicted octanol–water partition coefficient (Wildman–Crippen LogP) is 12.5. The van der Waals surface area contributed by atoms with Gasteiger partial charge in [-0.25, -0.2) is 0 Å². The number of hydrogen-bond acceptors (Lipinski definition) is 1. The Morgan fingerprint density at radius 2 is 1.19 bits per heavy atom. The lowest BCUT2D eigenvalue weighted by Gasteiger charge is -2.61. The Labute approximate surface area is 284 Å². The summed E-state index contributed by atoms with van der Waals surface area (Å²) in [7, 11) is 0. The van der Waals surface area contributed by atoms with Crippen molar-refractivity contribution in [3.8, 4) is 27.9 Å². The van der Waals surface area contributed by atoms with E-state index in [1.807, 2.05) is 11.3 Å². The molecular weight excluding hydrogens is 599 g/mol. The fourth-order valence-corrected chi connectivity index (χ4v) is 12.8. The molecule has 4 fully saturated rings. The number of benzene rings is 6. The Morgan fingerprint density at radius 1 is 0.500 bits per heavy atom. The van der Waals surface area contributed by atoms with E-state index >= 15 is 0 Å². The van der Waals surface area contributed by atoms with Gasteiger partial charge >= 0.3 is 0 Å². The van der Waals surface area contributed by atoms with Crippen LogP contribution in [0.25, 0.3) is 69.9 Å². The standard InChI is InChI=1S/C46H35NS/c1-4-13-40-34(8-1)35-18-17-32(26-41(35)46(40)30-21-27-20-28(23-30)24-31(46)22-27)47-42-14-5-2-9-36(42)38-12-7-11-33(45(38)47)29-16-19-44-39(25-29)37-10-3-6-15-43(37)48-44/h1-19,25-28,30-31H,20-24H2. The smallest absolute Gasteiger partial charge is 0.0619 e. The molecule has 0 radical (unpaired) electrons. The SMILES string of the molecule is c1ccc2c(c1)-c1ccc(-n3c4ccccc4c4cccc(-c5ccc6sc7ccccc7c6c5)c43)cc1C21C2CC3CC(C2)CC1C3. The summed E-state index contributed by atoms with van der Waals surface area (Å²) >= 11 is 1.89. The van der Waals surface area contributed by atoms with Crippen LogP contribution in [-0.2, 0) is 5.41 Å². The molecule has 13 rings (SSSR count). The Balaban J connectivity index is 1.13. The Hall–Kier alpha value is -4.66. The zero-order chi connectivity index (χ0) is 31.1. The van der Waals surface area contributed by atoms with Crippen LogP contribution in [0.5, 0.6) is 0 Å². The van der Waals surface area contributed by atoms with Crippen molar-refractivity contribution in [2.45, 2.75) is 37.5 Å². The average Bonchev–Trinajstić information content (AvgIpc) is 3.76. The maximum absolute atomic E-state index is 2.65. The normalized spacial score (nSPS) is 25.2. The molecule has 0 unspecified atom stereocenters. The first-order valence-electron chi connectivity index (χ1n) is 17.9. The highest BCUT2D eigenvalue weighted by Gasteiger charge is 2.61. The van der Waals surface area contributed by atoms with E-state index < -0.39 is 0 Å². The van der Waals surface area contributed by atoms with Crippen molar-refractivity contribution in [2.24, 2.45) is 23.7 Å². The van der Waals surface area contributed by atoms with Crippen molar-refractivity contribution in [2.75, 3.05) is 0 Å². The van der Waals surface area contributed by atoms with Crippen molar-refractivity contribution >= 4 is 53.3 Å². The second kappa shape index (κ2) is 9.27. The van der Waals surface area contributed by atoms with E-state index in [9.17, 15) is 0 Å². The third-order valence-corrected chi connectivity index (χ3v) is 14.3. The van der Waals surface area contributed by atoms with Gasteiger partial charge in [-0.15, -0.1) is 11.3 Å². The van der Waals surface area contributed by atoms with Gasteiger partial charge in [-0.1, -0.05) is 91.0 Å². The molecule has 0 aliphatic heterocycles. The molecule has 0 amide bonds. The molecule has 5 aliphatic rings. The van der Waals surface area contributed by atoms with Crippen molar-refractivity contribution in [3.05, 3.63) is 139 Å². The predicted molar refractivity (Wildman–Crippen MR) is 202 cm³/mol. The van der Waals surface area contributed by atoms with Gasteiger partial charge in [-0.3, -0.25) is 0 Å². The van der Waals surface area contributed by atoms with Crippen LogP contribution in [0.3, 0.4) is 0 Å². The van der Waals surface area contributed by atoms with E-state index in [1.54, 1.807) is 11.1 Å². The molecular formula is C46H35NS. The molecule has 48 heavy (non-hydrogen) atoms. The molecule has 1 nitrogen and oxygen atoms in total. The minimum atomic E-state index is 0.155. The molecule has 2 heteroatoms. The lowest BCUT2D eigenvalue weighted by molar-refractivity contribution is -0.0399. The summed E-state index contributed by atoms with van der Waals surface area (Å²) in [5.74, 6) is 3.39. The summed E-state index contributed by atoms with van der Waals surface area (Å²) in [6.07, 6.45) is 7.11. The summed E-state index contributed by atoms with van der Waals surface area (Å²) in [5.41, 5.74) is 12.9. The van der Waals surface area contributed by atoms with Gasteiger partial charge in [0.25, 0.3) is 0 Å². The Bertz CT molecular complexity index is 2620. The molecule has 4 bridgehead atoms. The lowest BCUT2D eigenvalue weighted by atomic mass is 9.43. The van der Waals surface area contributed by atoms with Crippen LogP contribution in [0.15, 0.2) is 127 Å². The lowest BCUT2D eigenvalue weighted by Crippen LogP contribution is -2.55. The molecule has 230 valence electrons. The second-order valence-electron chi connectivity index (χ2n) is 15.3. The van der Waals surface area contributed by atoms with Crippen LogP contribution in [0.1, 0.15) is 43.2 Å². The summed E-state index contributed by atoms with van der Waals surface area (Å²) in [6, 6.07) is 49.0. The first-order valence-corrected chi connectivity index (χ1v) is 18.8. The fraction of sp³-hybridized carbons (Fsp3) is 0.217. The third-order valence-electron chi connectivity index (χ3n) is 13.2. The summed E-state index contributed by atoms with van der Waals surface area (Å²) in [6.45, 7) is 0. The number of aromatic nitrogens is 1. The number of thiophene rings is 1. The van der Waals surface area contributed by atoms with Crippen LogP contribution in [0.2, 0.25) is 0 Å². The molecule has 0 N–H and O–H groups in total. The summed E-state index contributed by atoms with van der Waals surface area (Å²) < 4.78 is 5.31. The van der Waals surface area contributed by atoms with E-state index in [0.29, 0.717) is 0 Å². The van der Waals surface area contributed by atoms with Crippen LogP contribution in [0.4, 0.5) is 0 Å². The van der Waals surface area contributed by atoms with Gasteiger partial charge in [0.15, 0.2) is 0 Å². The maximum Gasteiger partial charge on any atom is 0.0619 e. The largest absolute Gasteiger partial charge is 0.309 e. The molecule has 1 spiro atoms. The highest BCUT2D eigenvalue weighted by molar-refractivity contribution is 7.25. The second-order valence-corrected chi connectivity index (χ2v) is 16.4. The zero-order valence-corrected chi connectivity index (χ0v) is 27.6. The van der Waals surface area contributed by atoms with Gasteiger partial charge < -0.3 is 4.57 Å². The van der Waals surface area contributed by atoms with Gasteiger partial charge in [-0.05, 0) is 120 Å². The highest BCUT2D eigenvalue weighted by atomic mass is 32.1. The zero-order valence-electron chi connectivity index (χ0n) is 26.8.